The van der Waals surface area contributed by atoms with E-state index in [1.807, 2.05) is 0 Å². The number of ether oxygens (including phenoxy) is 2. The Morgan fingerprint density at radius 3 is 1.91 bits per heavy atom. The molecule has 1 saturated heterocycles. The van der Waals surface area contributed by atoms with Crippen LogP contribution in [0.25, 0.3) is 0 Å². The van der Waals surface area contributed by atoms with Crippen LogP contribution in [0.1, 0.15) is 12.8 Å². The highest BCUT2D eigenvalue weighted by atomic mass is 32.2. The van der Waals surface area contributed by atoms with Crippen LogP contribution in [0.3, 0.4) is 0 Å². The summed E-state index contributed by atoms with van der Waals surface area (Å²) in [6.45, 7) is 0.681. The zero-order valence-electron chi connectivity index (χ0n) is 17.3. The first-order valence-corrected chi connectivity index (χ1v) is 11.4. The minimum Gasteiger partial charge on any atom is -0.480 e. The zero-order valence-corrected chi connectivity index (χ0v) is 18.1. The second kappa shape index (κ2) is 9.57. The van der Waals surface area contributed by atoms with Crippen LogP contribution in [0.4, 0.5) is 13.2 Å². The van der Waals surface area contributed by atoms with Crippen molar-refractivity contribution < 1.29 is 46.1 Å². The van der Waals surface area contributed by atoms with Gasteiger partial charge in [-0.2, -0.15) is 0 Å². The number of benzene rings is 2. The van der Waals surface area contributed by atoms with E-state index >= 15 is 0 Å². The van der Waals surface area contributed by atoms with Crippen molar-refractivity contribution in [3.63, 3.8) is 0 Å². The van der Waals surface area contributed by atoms with Crippen LogP contribution in [-0.4, -0.2) is 66.9 Å². The molecule has 2 aromatic carbocycles. The smallest absolute Gasteiger partial charge is 0.480 e. The van der Waals surface area contributed by atoms with Crippen molar-refractivity contribution in [3.8, 4) is 17.2 Å². The lowest BCUT2D eigenvalue weighted by Gasteiger charge is -2.38. The van der Waals surface area contributed by atoms with E-state index in [9.17, 15) is 31.5 Å². The molecular formula is C21H22F3NO7S. The topological polar surface area (TPSA) is 113 Å². The summed E-state index contributed by atoms with van der Waals surface area (Å²) >= 11 is 0. The van der Waals surface area contributed by atoms with Crippen molar-refractivity contribution >= 4 is 15.8 Å². The van der Waals surface area contributed by atoms with Gasteiger partial charge in [-0.05, 0) is 61.4 Å². The van der Waals surface area contributed by atoms with Crippen molar-refractivity contribution in [2.45, 2.75) is 28.8 Å². The number of carboxylic acids is 1. The number of sulfone groups is 1. The molecule has 0 radical (unpaired) electrons. The normalized spacial score (nSPS) is 16.8. The van der Waals surface area contributed by atoms with Crippen LogP contribution in [-0.2, 0) is 14.6 Å². The van der Waals surface area contributed by atoms with Gasteiger partial charge in [0, 0.05) is 19.6 Å². The number of aliphatic carboxylic acids is 1. The summed E-state index contributed by atoms with van der Waals surface area (Å²) in [5.74, 6) is -1.44. The van der Waals surface area contributed by atoms with Crippen LogP contribution in [0.5, 0.6) is 17.2 Å². The molecule has 0 bridgehead atoms. The number of likely N-dealkylation sites (tertiary alicyclic amines) is 1. The molecule has 2 N–H and O–H groups in total. The first-order valence-electron chi connectivity index (χ1n) is 9.92. The fraction of sp³-hybridized carbons (Fsp3) is 0.381. The number of halogens is 3. The van der Waals surface area contributed by atoms with Crippen molar-refractivity contribution in [3.05, 3.63) is 48.5 Å². The zero-order chi connectivity index (χ0) is 24.3. The molecule has 12 heteroatoms. The Morgan fingerprint density at radius 2 is 1.45 bits per heavy atom. The second-order valence-corrected chi connectivity index (χ2v) is 9.72. The number of hydrogen-bond donors (Lipinski definition) is 2. The maximum atomic E-state index is 13.2. The molecule has 180 valence electrons. The summed E-state index contributed by atoms with van der Waals surface area (Å²) in [5.41, 5.74) is 0. The molecule has 0 aromatic heterocycles. The van der Waals surface area contributed by atoms with E-state index in [1.54, 1.807) is 4.90 Å². The molecule has 1 heterocycles. The first kappa shape index (κ1) is 24.8. The van der Waals surface area contributed by atoms with Gasteiger partial charge in [0.05, 0.1) is 11.5 Å². The average Bonchev–Trinajstić information content (AvgIpc) is 2.75. The molecule has 33 heavy (non-hydrogen) atoms. The summed E-state index contributed by atoms with van der Waals surface area (Å²) < 4.78 is 70.5. The minimum atomic E-state index is -4.81. The molecule has 0 unspecified atom stereocenters. The molecule has 0 atom stereocenters. The monoisotopic (exact) mass is 489 g/mol. The summed E-state index contributed by atoms with van der Waals surface area (Å²) in [4.78, 5) is 13.7. The van der Waals surface area contributed by atoms with Crippen molar-refractivity contribution in [1.29, 1.82) is 0 Å². The van der Waals surface area contributed by atoms with Gasteiger partial charge in [-0.15, -0.1) is 13.2 Å². The summed E-state index contributed by atoms with van der Waals surface area (Å²) in [6.07, 6.45) is -5.04. The fourth-order valence-corrected chi connectivity index (χ4v) is 5.53. The Kier molecular flexibility index (Phi) is 7.20. The quantitative estimate of drug-likeness (QED) is 0.582. The molecule has 8 nitrogen and oxygen atoms in total. The molecule has 0 amide bonds. The van der Waals surface area contributed by atoms with Crippen LogP contribution >= 0.6 is 0 Å². The lowest BCUT2D eigenvalue weighted by atomic mass is 9.96. The molecule has 1 aliphatic heterocycles. The van der Waals surface area contributed by atoms with Gasteiger partial charge in [-0.1, -0.05) is 0 Å². The lowest BCUT2D eigenvalue weighted by Crippen LogP contribution is -2.54. The number of piperidine rings is 1. The third-order valence-corrected chi connectivity index (χ3v) is 7.92. The van der Waals surface area contributed by atoms with Crippen molar-refractivity contribution in [1.82, 2.24) is 4.90 Å². The van der Waals surface area contributed by atoms with Gasteiger partial charge in [0.1, 0.15) is 17.2 Å². The molecule has 2 aromatic rings. The van der Waals surface area contributed by atoms with Gasteiger partial charge in [-0.3, -0.25) is 4.79 Å². The third-order valence-electron chi connectivity index (χ3n) is 5.41. The Morgan fingerprint density at radius 1 is 0.970 bits per heavy atom. The number of β-amino-alcohol motifs (C(OH)–C–C–N with tert-alkyl or cyclic N) is 1. The van der Waals surface area contributed by atoms with E-state index in [2.05, 4.69) is 4.74 Å². The van der Waals surface area contributed by atoms with Crippen LogP contribution < -0.4 is 9.47 Å². The lowest BCUT2D eigenvalue weighted by molar-refractivity contribution is -0.274. The van der Waals surface area contributed by atoms with Gasteiger partial charge in [0.25, 0.3) is 0 Å². The summed E-state index contributed by atoms with van der Waals surface area (Å²) in [6, 6.07) is 9.79. The van der Waals surface area contributed by atoms with E-state index in [4.69, 9.17) is 9.84 Å². The first-order chi connectivity index (χ1) is 15.5. The SMILES string of the molecule is O=C(O)C1(S(=O)(=O)c2ccc(Oc3ccc(OC(F)(F)F)cc3)cc2)CCN(CCO)CC1. The van der Waals surface area contributed by atoms with Crippen LogP contribution in [0, 0.1) is 0 Å². The minimum absolute atomic E-state index is 0.105. The van der Waals surface area contributed by atoms with Gasteiger partial charge in [0.15, 0.2) is 14.6 Å². The number of nitrogens with zero attached hydrogens (tertiary/aromatic N) is 1. The molecule has 1 aliphatic rings. The molecule has 0 saturated carbocycles. The average molecular weight is 489 g/mol. The molecule has 3 rings (SSSR count). The maximum Gasteiger partial charge on any atom is 0.573 e. The second-order valence-electron chi connectivity index (χ2n) is 7.46. The highest BCUT2D eigenvalue weighted by Crippen LogP contribution is 2.37. The molecule has 1 fully saturated rings. The van der Waals surface area contributed by atoms with E-state index in [0.29, 0.717) is 6.54 Å². The van der Waals surface area contributed by atoms with Gasteiger partial charge < -0.3 is 24.6 Å². The number of carbonyl (C=O) groups is 1. The van der Waals surface area contributed by atoms with Gasteiger partial charge >= 0.3 is 12.3 Å². The number of carboxylic acid groups (broad SMARTS) is 1. The number of aliphatic hydroxyl groups excluding tert-OH is 1. The predicted molar refractivity (Wildman–Crippen MR) is 110 cm³/mol. The largest absolute Gasteiger partial charge is 0.573 e. The van der Waals surface area contributed by atoms with E-state index < -0.39 is 32.7 Å². The standard InChI is InChI=1S/C21H22F3NO7S/c22-21(23,24)32-17-3-1-15(2-4-17)31-16-5-7-18(8-6-16)33(29,30)20(19(27)28)9-11-25(12-10-20)13-14-26/h1-8,26H,9-14H2,(H,27,28). The van der Waals surface area contributed by atoms with E-state index in [1.165, 1.54) is 36.4 Å². The summed E-state index contributed by atoms with van der Waals surface area (Å²) in [7, 11) is -4.24. The van der Waals surface area contributed by atoms with Crippen molar-refractivity contribution in [2.75, 3.05) is 26.2 Å². The molecule has 0 aliphatic carbocycles. The third kappa shape index (κ3) is 5.57. The number of aliphatic hydroxyl groups is 1. The maximum absolute atomic E-state index is 13.2. The van der Waals surface area contributed by atoms with Crippen molar-refractivity contribution in [2.24, 2.45) is 0 Å². The number of alkyl halides is 3. The van der Waals surface area contributed by atoms with E-state index in [0.717, 1.165) is 12.1 Å². The van der Waals surface area contributed by atoms with E-state index in [-0.39, 0.29) is 48.9 Å². The highest BCUT2D eigenvalue weighted by molar-refractivity contribution is 7.93. The summed E-state index contributed by atoms with van der Waals surface area (Å²) in [5, 5.41) is 18.8. The Labute approximate surface area is 188 Å². The Balaban J connectivity index is 1.75. The fourth-order valence-electron chi connectivity index (χ4n) is 3.63. The Hall–Kier alpha value is -2.83. The predicted octanol–water partition coefficient (Wildman–Crippen LogP) is 3.06. The number of rotatable bonds is 8. The molecular weight excluding hydrogens is 467 g/mol. The van der Waals surface area contributed by atoms with Gasteiger partial charge in [0.2, 0.25) is 0 Å². The molecule has 0 spiro atoms. The highest BCUT2D eigenvalue weighted by Gasteiger charge is 2.53. The number of hydrogen-bond acceptors (Lipinski definition) is 7. The van der Waals surface area contributed by atoms with Gasteiger partial charge in [-0.25, -0.2) is 8.42 Å². The Bertz CT molecular complexity index is 1060. The van der Waals surface area contributed by atoms with Crippen LogP contribution in [0.2, 0.25) is 0 Å². The van der Waals surface area contributed by atoms with Crippen LogP contribution in [0.15, 0.2) is 53.4 Å².